The summed E-state index contributed by atoms with van der Waals surface area (Å²) >= 11 is 0. The number of halogens is 1. The van der Waals surface area contributed by atoms with E-state index in [2.05, 4.69) is 89.9 Å². The van der Waals surface area contributed by atoms with Crippen LogP contribution in [0.2, 0.25) is 0 Å². The van der Waals surface area contributed by atoms with Crippen molar-refractivity contribution in [2.24, 2.45) is 11.3 Å². The molecule has 3 saturated heterocycles. The summed E-state index contributed by atoms with van der Waals surface area (Å²) in [7, 11) is -3.09. The highest BCUT2D eigenvalue weighted by Crippen LogP contribution is 2.48. The van der Waals surface area contributed by atoms with Gasteiger partial charge in [-0.1, -0.05) is 44.2 Å². The minimum Gasteiger partial charge on any atom is -0.493 e. The Morgan fingerprint density at radius 3 is 2.52 bits per heavy atom. The first-order valence-corrected chi connectivity index (χ1v) is 28.9. The second-order valence-electron chi connectivity index (χ2n) is 22.9. The number of methoxy groups -OCH3 is 1. The molecule has 4 aromatic heterocycles. The maximum absolute atomic E-state index is 15.0. The van der Waals surface area contributed by atoms with Gasteiger partial charge in [-0.05, 0) is 106 Å². The Morgan fingerprint density at radius 2 is 1.79 bits per heavy atom. The van der Waals surface area contributed by atoms with E-state index in [0.29, 0.717) is 49.9 Å². The first-order chi connectivity index (χ1) is 38.3. The normalized spacial score (nSPS) is 21.4. The van der Waals surface area contributed by atoms with Gasteiger partial charge in [0.25, 0.3) is 21.8 Å². The van der Waals surface area contributed by atoms with Gasteiger partial charge in [0.15, 0.2) is 17.1 Å². The van der Waals surface area contributed by atoms with Crippen LogP contribution < -0.4 is 29.1 Å². The van der Waals surface area contributed by atoms with E-state index in [1.165, 1.54) is 28.8 Å². The quantitative estimate of drug-likeness (QED) is 0.0463. The highest BCUT2D eigenvalue weighted by molar-refractivity contribution is 7.90. The van der Waals surface area contributed by atoms with Gasteiger partial charge < -0.3 is 38.9 Å². The number of carbonyl (C=O) groups is 1. The number of benzene rings is 3. The predicted molar refractivity (Wildman–Crippen MR) is 301 cm³/mol. The first-order valence-electron chi connectivity index (χ1n) is 27.5. The number of nitrogens with zero attached hydrogens (tertiary/aromatic N) is 6. The monoisotopic (exact) mass is 1110 g/mol. The lowest BCUT2D eigenvalue weighted by molar-refractivity contribution is -0.384. The van der Waals surface area contributed by atoms with E-state index < -0.39 is 42.9 Å². The molecule has 7 aromatic rings. The smallest absolute Gasteiger partial charge is 0.312 e. The van der Waals surface area contributed by atoms with Crippen LogP contribution in [0.25, 0.3) is 22.0 Å². The van der Waals surface area contributed by atoms with Gasteiger partial charge in [0.1, 0.15) is 27.9 Å². The number of carbonyl (C=O) groups excluding carboxylic acids is 1. The number of amides is 1. The van der Waals surface area contributed by atoms with Crippen molar-refractivity contribution in [3.05, 3.63) is 129 Å². The predicted octanol–water partition coefficient (Wildman–Crippen LogP) is 10.0. The number of aromatic nitrogens is 3. The molecule has 3 aliphatic heterocycles. The van der Waals surface area contributed by atoms with Crippen molar-refractivity contribution in [2.75, 3.05) is 69.7 Å². The van der Waals surface area contributed by atoms with Gasteiger partial charge in [-0.15, -0.1) is 0 Å². The highest BCUT2D eigenvalue weighted by Gasteiger charge is 2.55. The molecule has 0 radical (unpaired) electrons. The van der Waals surface area contributed by atoms with Crippen molar-refractivity contribution in [1.29, 1.82) is 0 Å². The number of H-pyrrole nitrogens is 1. The van der Waals surface area contributed by atoms with Crippen molar-refractivity contribution >= 4 is 55.1 Å². The van der Waals surface area contributed by atoms with Crippen LogP contribution in [0.4, 0.5) is 21.6 Å². The van der Waals surface area contributed by atoms with Gasteiger partial charge in [0.2, 0.25) is 5.82 Å². The molecule has 1 spiro atoms. The summed E-state index contributed by atoms with van der Waals surface area (Å²) in [6, 6.07) is 22.6. The lowest BCUT2D eigenvalue weighted by atomic mass is 9.69. The van der Waals surface area contributed by atoms with E-state index >= 15 is 4.39 Å². The zero-order chi connectivity index (χ0) is 56.3. The van der Waals surface area contributed by atoms with E-state index in [-0.39, 0.29) is 63.7 Å². The molecule has 11 rings (SSSR count). The van der Waals surface area contributed by atoms with Crippen LogP contribution in [0, 0.1) is 34.2 Å². The van der Waals surface area contributed by atoms with Gasteiger partial charge >= 0.3 is 5.69 Å². The Labute approximate surface area is 464 Å². The average Bonchev–Trinajstić information content (AvgIpc) is 4.13. The summed E-state index contributed by atoms with van der Waals surface area (Å²) in [5, 5.41) is 26.8. The number of aryl methyl sites for hydroxylation is 1. The van der Waals surface area contributed by atoms with Crippen LogP contribution in [0.5, 0.6) is 23.1 Å². The number of rotatable bonds is 18. The second-order valence-corrected chi connectivity index (χ2v) is 24.5. The fourth-order valence-electron chi connectivity index (χ4n) is 12.5. The lowest BCUT2D eigenvalue weighted by Gasteiger charge is -2.64. The first kappa shape index (κ1) is 54.6. The maximum Gasteiger partial charge on any atom is 0.312 e. The molecule has 4 aliphatic rings. The molecule has 422 valence electrons. The number of anilines is 2. The van der Waals surface area contributed by atoms with Crippen molar-refractivity contribution in [1.82, 2.24) is 29.5 Å². The number of likely N-dealkylation sites (tertiary alicyclic amines) is 2. The van der Waals surface area contributed by atoms with E-state index in [1.54, 1.807) is 33.1 Å². The topological polar surface area (TPSA) is 231 Å². The number of furan rings is 1. The third kappa shape index (κ3) is 10.9. The number of nitrogens with one attached hydrogen (secondary N) is 3. The fourth-order valence-corrected chi connectivity index (χ4v) is 13.4. The molecule has 0 bridgehead atoms. The third-order valence-electron chi connectivity index (χ3n) is 16.7. The largest absolute Gasteiger partial charge is 0.493 e. The number of pyridine rings is 2. The molecule has 4 N–H and O–H groups in total. The van der Waals surface area contributed by atoms with E-state index in [0.717, 1.165) is 93.2 Å². The number of aliphatic hydroxyl groups is 1. The van der Waals surface area contributed by atoms with Crippen LogP contribution in [0.3, 0.4) is 0 Å². The summed E-state index contributed by atoms with van der Waals surface area (Å²) in [4.78, 5) is 44.0. The number of fused-ring (bicyclic) bond motifs is 2. The number of aromatic amines is 1. The highest BCUT2D eigenvalue weighted by atomic mass is 32.2. The molecule has 7 heterocycles. The summed E-state index contributed by atoms with van der Waals surface area (Å²) in [5.41, 5.74) is 4.15. The summed E-state index contributed by atoms with van der Waals surface area (Å²) in [6.45, 7) is 16.4. The number of sulfonamides is 1. The van der Waals surface area contributed by atoms with Gasteiger partial charge in [0, 0.05) is 105 Å². The van der Waals surface area contributed by atoms with Crippen molar-refractivity contribution in [2.45, 2.75) is 102 Å². The Balaban J connectivity index is 0.822. The summed E-state index contributed by atoms with van der Waals surface area (Å²) in [6.07, 6.45) is 5.70. The number of nitro groups is 1. The molecule has 1 saturated carbocycles. The van der Waals surface area contributed by atoms with Crippen LogP contribution in [0.15, 0.2) is 94.5 Å². The summed E-state index contributed by atoms with van der Waals surface area (Å²) < 4.78 is 69.0. The number of ether oxygens (including phenoxy) is 3. The van der Waals surface area contributed by atoms with E-state index in [1.807, 2.05) is 13.0 Å². The van der Waals surface area contributed by atoms with Crippen molar-refractivity contribution < 1.29 is 46.3 Å². The molecular formula is C59H68FN9O10S. The molecule has 21 heteroatoms. The zero-order valence-corrected chi connectivity index (χ0v) is 46.7. The van der Waals surface area contributed by atoms with E-state index in [9.17, 15) is 28.4 Å². The van der Waals surface area contributed by atoms with Crippen LogP contribution in [-0.4, -0.2) is 120 Å². The SMILES string of the molecule is CCOc1nc2[nH]cc(F)c2cc1Oc1cc(N2CC3(C2)CN(C2CCN(Cc4ccc(OC)c5oc(C)cc45)CC2c2ccccc2C(C)C)C3)ccc1C(=O)NS(=O)(=O)c1cnc(NCC2CCC(C)(O)CC2)c([N+](=O)[O-])c1. The second kappa shape index (κ2) is 21.6. The van der Waals surface area contributed by atoms with Gasteiger partial charge in [-0.2, -0.15) is 4.98 Å². The Morgan fingerprint density at radius 1 is 1.01 bits per heavy atom. The van der Waals surface area contributed by atoms with Crippen LogP contribution >= 0.6 is 0 Å². The molecule has 2 unspecified atom stereocenters. The minimum atomic E-state index is -4.76. The molecule has 1 aliphatic carbocycles. The minimum absolute atomic E-state index is 0.0115. The molecule has 80 heavy (non-hydrogen) atoms. The fraction of sp³-hybridized carbons (Fsp3) is 0.441. The molecule has 2 atom stereocenters. The van der Waals surface area contributed by atoms with Crippen molar-refractivity contribution in [3.8, 4) is 23.1 Å². The van der Waals surface area contributed by atoms with Crippen LogP contribution in [0.1, 0.15) is 104 Å². The van der Waals surface area contributed by atoms with Crippen molar-refractivity contribution in [3.63, 3.8) is 0 Å². The molecular weight excluding hydrogens is 1050 g/mol. The van der Waals surface area contributed by atoms with E-state index in [4.69, 9.17) is 18.6 Å². The molecule has 1 amide bonds. The Kier molecular flexibility index (Phi) is 14.8. The number of piperidine rings is 1. The number of hydrogen-bond donors (Lipinski definition) is 4. The molecule has 4 fully saturated rings. The molecule has 19 nitrogen and oxygen atoms in total. The average molecular weight is 1110 g/mol. The maximum atomic E-state index is 15.0. The Hall–Kier alpha value is -7.33. The lowest BCUT2D eigenvalue weighted by Crippen LogP contribution is -2.74. The summed E-state index contributed by atoms with van der Waals surface area (Å²) in [5.74, 6) is 0.461. The third-order valence-corrected chi connectivity index (χ3v) is 18.0. The standard InChI is InChI=1S/C59H68FN9O10S/c1-7-77-57-52(25-45-47(60)28-63-54(45)64-57)79-51-23-39(13-14-43(51)56(70)65-80(74,75)40-24-49(69(72)73)55(62-27-40)61-26-37-16-19-58(5,71)20-17-37)67-31-59(32-67)33-68(34-59)48-18-21-66(30-46(48)42-11-9-8-10-41(42)35(2)3)29-38-12-15-50(76-6)53-44(38)22-36(4)78-53/h8-15,22-25,27-28,35,37,46,48,71H,7,16-21,26,29-34H2,1-6H3,(H,61,62)(H,63,64)(H,65,70). The Bertz CT molecular complexity index is 3600. The van der Waals surface area contributed by atoms with Gasteiger partial charge in [-0.25, -0.2) is 22.5 Å². The van der Waals surface area contributed by atoms with Gasteiger partial charge in [-0.3, -0.25) is 24.7 Å². The molecule has 3 aromatic carbocycles. The zero-order valence-electron chi connectivity index (χ0n) is 45.9. The van der Waals surface area contributed by atoms with Gasteiger partial charge in [0.05, 0.1) is 41.4 Å². The number of hydrogen-bond acceptors (Lipinski definition) is 16. The van der Waals surface area contributed by atoms with Crippen LogP contribution in [-0.2, 0) is 16.6 Å².